The fraction of sp³-hybridized carbons (Fsp3) is 0.545. The molecular formula is C22H28N2O4. The molecule has 0 saturated carbocycles. The number of allylic oxidation sites excluding steroid dienone is 1. The lowest BCUT2D eigenvalue weighted by Gasteiger charge is -2.44. The molecule has 28 heavy (non-hydrogen) atoms. The van der Waals surface area contributed by atoms with Gasteiger partial charge in [0.2, 0.25) is 0 Å². The number of nitrogens with one attached hydrogen (secondary N) is 1. The van der Waals surface area contributed by atoms with Crippen molar-refractivity contribution in [3.05, 3.63) is 36.4 Å². The molecule has 3 aliphatic heterocycles. The van der Waals surface area contributed by atoms with Gasteiger partial charge < -0.3 is 20.1 Å². The first kappa shape index (κ1) is 18.8. The Morgan fingerprint density at radius 2 is 2.14 bits per heavy atom. The fourth-order valence-electron chi connectivity index (χ4n) is 5.22. The lowest BCUT2D eigenvalue weighted by molar-refractivity contribution is -0.178. The Morgan fingerprint density at radius 1 is 1.43 bits per heavy atom. The first-order valence-corrected chi connectivity index (χ1v) is 9.89. The van der Waals surface area contributed by atoms with E-state index < -0.39 is 29.1 Å². The maximum absolute atomic E-state index is 13.3. The van der Waals surface area contributed by atoms with Gasteiger partial charge in [0.05, 0.1) is 5.69 Å². The van der Waals surface area contributed by atoms with E-state index in [0.717, 1.165) is 5.56 Å². The summed E-state index contributed by atoms with van der Waals surface area (Å²) in [6.45, 7) is 12.2. The first-order chi connectivity index (χ1) is 13.1. The topological polar surface area (TPSA) is 78.9 Å². The molecule has 4 atom stereocenters. The third-order valence-electron chi connectivity index (χ3n) is 6.81. The summed E-state index contributed by atoms with van der Waals surface area (Å²) in [6, 6.07) is 4.76. The molecule has 0 aliphatic carbocycles. The highest BCUT2D eigenvalue weighted by molar-refractivity contribution is 5.95. The SMILES string of the molecule is C=CC(C)(C)[C@@]12C[C@H]3C(=O)O[C@@H](CC(C)C)C(=O)N3[C@@H]1Nc1c(O)cccc12. The minimum atomic E-state index is -0.759. The van der Waals surface area contributed by atoms with Crippen molar-refractivity contribution in [2.24, 2.45) is 11.3 Å². The molecule has 0 unspecified atom stereocenters. The molecule has 1 aromatic carbocycles. The van der Waals surface area contributed by atoms with Crippen molar-refractivity contribution in [2.75, 3.05) is 5.32 Å². The highest BCUT2D eigenvalue weighted by Crippen LogP contribution is 2.62. The number of phenolic OH excluding ortho intramolecular Hbond substituents is 1. The molecule has 0 aromatic heterocycles. The summed E-state index contributed by atoms with van der Waals surface area (Å²) in [5, 5.41) is 13.8. The van der Waals surface area contributed by atoms with Gasteiger partial charge in [-0.2, -0.15) is 0 Å². The van der Waals surface area contributed by atoms with Crippen LogP contribution in [0.1, 0.15) is 46.1 Å². The average molecular weight is 384 g/mol. The van der Waals surface area contributed by atoms with Crippen molar-refractivity contribution in [1.29, 1.82) is 0 Å². The number of ether oxygens (including phenoxy) is 1. The molecule has 6 heteroatoms. The van der Waals surface area contributed by atoms with Crippen LogP contribution >= 0.6 is 0 Å². The Kier molecular flexibility index (Phi) is 4.04. The number of esters is 1. The molecule has 3 heterocycles. The Morgan fingerprint density at radius 3 is 2.79 bits per heavy atom. The van der Waals surface area contributed by atoms with Crippen LogP contribution in [0.4, 0.5) is 5.69 Å². The molecule has 2 saturated heterocycles. The van der Waals surface area contributed by atoms with Crippen LogP contribution in [0.15, 0.2) is 30.9 Å². The normalized spacial score (nSPS) is 31.2. The van der Waals surface area contributed by atoms with Gasteiger partial charge in [-0.25, -0.2) is 4.79 Å². The second-order valence-electron chi connectivity index (χ2n) is 9.16. The van der Waals surface area contributed by atoms with Crippen LogP contribution in [0.5, 0.6) is 5.75 Å². The van der Waals surface area contributed by atoms with Crippen molar-refractivity contribution < 1.29 is 19.4 Å². The van der Waals surface area contributed by atoms with Crippen molar-refractivity contribution in [3.63, 3.8) is 0 Å². The number of cyclic esters (lactones) is 1. The monoisotopic (exact) mass is 384 g/mol. The second kappa shape index (κ2) is 6.00. The van der Waals surface area contributed by atoms with E-state index in [1.807, 2.05) is 26.0 Å². The van der Waals surface area contributed by atoms with E-state index in [-0.39, 0.29) is 23.5 Å². The highest BCUT2D eigenvalue weighted by Gasteiger charge is 2.68. The van der Waals surface area contributed by atoms with Crippen LogP contribution in [-0.2, 0) is 19.7 Å². The molecule has 3 aliphatic rings. The van der Waals surface area contributed by atoms with Gasteiger partial charge in [-0.15, -0.1) is 6.58 Å². The van der Waals surface area contributed by atoms with E-state index in [4.69, 9.17) is 4.74 Å². The highest BCUT2D eigenvalue weighted by atomic mass is 16.6. The van der Waals surface area contributed by atoms with Crippen molar-refractivity contribution in [2.45, 2.75) is 64.3 Å². The van der Waals surface area contributed by atoms with Crippen molar-refractivity contribution in [1.82, 2.24) is 4.90 Å². The van der Waals surface area contributed by atoms with E-state index in [0.29, 0.717) is 18.5 Å². The number of benzene rings is 1. The number of phenols is 1. The summed E-state index contributed by atoms with van der Waals surface area (Å²) < 4.78 is 5.56. The molecule has 6 nitrogen and oxygen atoms in total. The fourth-order valence-corrected chi connectivity index (χ4v) is 5.22. The smallest absolute Gasteiger partial charge is 0.329 e. The van der Waals surface area contributed by atoms with Gasteiger partial charge in [0.15, 0.2) is 6.10 Å². The van der Waals surface area contributed by atoms with E-state index in [1.165, 1.54) is 0 Å². The number of rotatable bonds is 4. The van der Waals surface area contributed by atoms with E-state index >= 15 is 0 Å². The summed E-state index contributed by atoms with van der Waals surface area (Å²) in [5.41, 5.74) is 0.523. The van der Waals surface area contributed by atoms with Crippen LogP contribution in [0.25, 0.3) is 0 Å². The third kappa shape index (κ3) is 2.26. The van der Waals surface area contributed by atoms with Gasteiger partial charge in [-0.05, 0) is 35.8 Å². The molecule has 4 rings (SSSR count). The molecule has 1 amide bonds. The standard InChI is InChI=1S/C22H28N2O4/c1-6-21(4,5)22-11-14-19(27)28-16(10-12(2)3)18(26)24(14)20(22)23-17-13(22)8-7-9-15(17)25/h6-9,12,14,16,20,23,25H,1,10-11H2,2-5H3/t14-,16-,20-,22+/m0/s1. The Balaban J connectivity index is 1.87. The maximum atomic E-state index is 13.3. The molecule has 1 aromatic rings. The minimum absolute atomic E-state index is 0.147. The number of para-hydroxylation sites is 1. The summed E-state index contributed by atoms with van der Waals surface area (Å²) in [6.07, 6.45) is 1.60. The zero-order valence-electron chi connectivity index (χ0n) is 16.9. The van der Waals surface area contributed by atoms with Crippen LogP contribution in [0, 0.1) is 11.3 Å². The Bertz CT molecular complexity index is 862. The van der Waals surface area contributed by atoms with Crippen LogP contribution in [-0.4, -0.2) is 40.2 Å². The minimum Gasteiger partial charge on any atom is -0.506 e. The Hall–Kier alpha value is -2.50. The zero-order chi connectivity index (χ0) is 20.4. The summed E-state index contributed by atoms with van der Waals surface area (Å²) in [4.78, 5) is 27.9. The number of amides is 1. The first-order valence-electron chi connectivity index (χ1n) is 9.89. The van der Waals surface area contributed by atoms with E-state index in [9.17, 15) is 14.7 Å². The summed E-state index contributed by atoms with van der Waals surface area (Å²) in [7, 11) is 0. The lowest BCUT2D eigenvalue weighted by Crippen LogP contribution is -2.59. The number of carbonyl (C=O) groups is 2. The lowest BCUT2D eigenvalue weighted by atomic mass is 9.60. The maximum Gasteiger partial charge on any atom is 0.329 e. The van der Waals surface area contributed by atoms with Gasteiger partial charge in [-0.3, -0.25) is 4.79 Å². The predicted molar refractivity (Wildman–Crippen MR) is 106 cm³/mol. The van der Waals surface area contributed by atoms with E-state index in [2.05, 4.69) is 25.7 Å². The number of morpholine rings is 1. The van der Waals surface area contributed by atoms with Gasteiger partial charge in [-0.1, -0.05) is 45.9 Å². The quantitative estimate of drug-likeness (QED) is 0.474. The average Bonchev–Trinajstić information content (AvgIpc) is 3.14. The Labute approximate surface area is 165 Å². The van der Waals surface area contributed by atoms with Gasteiger partial charge >= 0.3 is 5.97 Å². The molecular weight excluding hydrogens is 356 g/mol. The van der Waals surface area contributed by atoms with Crippen LogP contribution < -0.4 is 5.32 Å². The number of nitrogens with zero attached hydrogens (tertiary/aromatic N) is 1. The third-order valence-corrected chi connectivity index (χ3v) is 6.81. The number of hydrogen-bond acceptors (Lipinski definition) is 5. The molecule has 2 fully saturated rings. The molecule has 0 radical (unpaired) electrons. The van der Waals surface area contributed by atoms with Gasteiger partial charge in [0.25, 0.3) is 5.91 Å². The van der Waals surface area contributed by atoms with Crippen LogP contribution in [0.3, 0.4) is 0 Å². The molecule has 0 spiro atoms. The molecule has 0 bridgehead atoms. The number of carbonyl (C=O) groups excluding carboxylic acids is 2. The second-order valence-corrected chi connectivity index (χ2v) is 9.16. The number of anilines is 1. The van der Waals surface area contributed by atoms with Gasteiger partial charge in [0, 0.05) is 5.41 Å². The van der Waals surface area contributed by atoms with Crippen molar-refractivity contribution >= 4 is 17.6 Å². The summed E-state index contributed by atoms with van der Waals surface area (Å²) in [5.74, 6) is -0.131. The zero-order valence-corrected chi connectivity index (χ0v) is 16.9. The number of hydrogen-bond donors (Lipinski definition) is 2. The largest absolute Gasteiger partial charge is 0.506 e. The predicted octanol–water partition coefficient (Wildman–Crippen LogP) is 3.17. The van der Waals surface area contributed by atoms with Gasteiger partial charge in [0.1, 0.15) is 18.0 Å². The van der Waals surface area contributed by atoms with Crippen LogP contribution in [0.2, 0.25) is 0 Å². The summed E-state index contributed by atoms with van der Waals surface area (Å²) >= 11 is 0. The van der Waals surface area contributed by atoms with E-state index in [1.54, 1.807) is 17.0 Å². The number of fused-ring (bicyclic) bond motifs is 5. The van der Waals surface area contributed by atoms with Crippen molar-refractivity contribution in [3.8, 4) is 5.75 Å². The number of aromatic hydroxyl groups is 1. The molecule has 150 valence electrons. The molecule has 2 N–H and O–H groups in total.